The normalized spacial score (nSPS) is 16.9. The minimum atomic E-state index is -0.0937. The van der Waals surface area contributed by atoms with Crippen molar-refractivity contribution in [2.45, 2.75) is 18.9 Å². The minimum Gasteiger partial charge on any atom is -0.353 e. The SMILES string of the molecule is O=C(NC1CCCN(c2cc(-c3ccncc3)[nH]n2)C1)c1cccc(Cl)c1. The fourth-order valence-electron chi connectivity index (χ4n) is 3.35. The number of benzene rings is 1. The van der Waals surface area contributed by atoms with Crippen molar-refractivity contribution in [2.75, 3.05) is 18.0 Å². The molecule has 0 saturated carbocycles. The summed E-state index contributed by atoms with van der Waals surface area (Å²) < 4.78 is 0. The molecular formula is C20H20ClN5O. The van der Waals surface area contributed by atoms with Crippen molar-refractivity contribution in [3.05, 3.63) is 65.4 Å². The molecule has 6 nitrogen and oxygen atoms in total. The molecule has 1 saturated heterocycles. The van der Waals surface area contributed by atoms with E-state index in [9.17, 15) is 4.79 Å². The zero-order valence-corrected chi connectivity index (χ0v) is 15.5. The van der Waals surface area contributed by atoms with Crippen LogP contribution in [0.1, 0.15) is 23.2 Å². The van der Waals surface area contributed by atoms with Crippen molar-refractivity contribution in [3.63, 3.8) is 0 Å². The second-order valence-corrected chi connectivity index (χ2v) is 7.08. The van der Waals surface area contributed by atoms with Crippen LogP contribution in [0, 0.1) is 0 Å². The molecule has 0 bridgehead atoms. The van der Waals surface area contributed by atoms with Gasteiger partial charge in [0.1, 0.15) is 0 Å². The predicted molar refractivity (Wildman–Crippen MR) is 106 cm³/mol. The second kappa shape index (κ2) is 7.80. The van der Waals surface area contributed by atoms with Gasteiger partial charge in [-0.15, -0.1) is 0 Å². The van der Waals surface area contributed by atoms with Crippen LogP contribution in [0.4, 0.5) is 5.82 Å². The average molecular weight is 382 g/mol. The third-order valence-electron chi connectivity index (χ3n) is 4.72. The van der Waals surface area contributed by atoms with E-state index in [0.29, 0.717) is 10.6 Å². The number of hydrogen-bond acceptors (Lipinski definition) is 4. The Morgan fingerprint density at radius 1 is 1.22 bits per heavy atom. The van der Waals surface area contributed by atoms with Crippen LogP contribution in [0.15, 0.2) is 54.9 Å². The highest BCUT2D eigenvalue weighted by atomic mass is 35.5. The number of pyridine rings is 1. The molecule has 2 N–H and O–H groups in total. The summed E-state index contributed by atoms with van der Waals surface area (Å²) in [4.78, 5) is 18.7. The number of nitrogens with one attached hydrogen (secondary N) is 2. The standard InChI is InChI=1S/C20H20ClN5O/c21-16-4-1-3-15(11-16)20(27)23-17-5-2-10-26(13-17)19-12-18(24-25-19)14-6-8-22-9-7-14/h1,3-4,6-9,11-12,17H,2,5,10,13H2,(H,23,27)(H,24,25). The van der Waals surface area contributed by atoms with Crippen molar-refractivity contribution in [1.82, 2.24) is 20.5 Å². The quantitative estimate of drug-likeness (QED) is 0.725. The lowest BCUT2D eigenvalue weighted by molar-refractivity contribution is 0.0933. The molecule has 0 aliphatic carbocycles. The van der Waals surface area contributed by atoms with Crippen LogP contribution in [0.3, 0.4) is 0 Å². The molecule has 3 aromatic rings. The average Bonchev–Trinajstić information content (AvgIpc) is 3.19. The Bertz CT molecular complexity index is 927. The van der Waals surface area contributed by atoms with E-state index in [1.54, 1.807) is 36.7 Å². The van der Waals surface area contributed by atoms with E-state index in [-0.39, 0.29) is 11.9 Å². The van der Waals surface area contributed by atoms with E-state index in [0.717, 1.165) is 43.0 Å². The maximum atomic E-state index is 12.5. The van der Waals surface area contributed by atoms with E-state index in [1.165, 1.54) is 0 Å². The van der Waals surface area contributed by atoms with Crippen LogP contribution in [-0.2, 0) is 0 Å². The molecule has 0 radical (unpaired) electrons. The number of aromatic nitrogens is 3. The Hall–Kier alpha value is -2.86. The molecular weight excluding hydrogens is 362 g/mol. The topological polar surface area (TPSA) is 73.9 Å². The molecule has 1 aliphatic heterocycles. The Morgan fingerprint density at radius 2 is 2.07 bits per heavy atom. The van der Waals surface area contributed by atoms with E-state index in [4.69, 9.17) is 11.6 Å². The number of amides is 1. The summed E-state index contributed by atoms with van der Waals surface area (Å²) in [6.45, 7) is 1.65. The Kier molecular flexibility index (Phi) is 5.07. The van der Waals surface area contributed by atoms with Gasteiger partial charge in [-0.05, 0) is 43.2 Å². The summed E-state index contributed by atoms with van der Waals surface area (Å²) in [5.41, 5.74) is 2.59. The predicted octanol–water partition coefficient (Wildman–Crippen LogP) is 3.52. The Morgan fingerprint density at radius 3 is 2.89 bits per heavy atom. The number of halogens is 1. The van der Waals surface area contributed by atoms with Crippen LogP contribution < -0.4 is 10.2 Å². The fraction of sp³-hybridized carbons (Fsp3) is 0.250. The summed E-state index contributed by atoms with van der Waals surface area (Å²) in [7, 11) is 0. The monoisotopic (exact) mass is 381 g/mol. The summed E-state index contributed by atoms with van der Waals surface area (Å²) in [6.07, 6.45) is 5.47. The van der Waals surface area contributed by atoms with Crippen LogP contribution in [-0.4, -0.2) is 40.2 Å². The van der Waals surface area contributed by atoms with Crippen LogP contribution in [0.25, 0.3) is 11.3 Å². The van der Waals surface area contributed by atoms with Crippen LogP contribution in [0.5, 0.6) is 0 Å². The fourth-order valence-corrected chi connectivity index (χ4v) is 3.54. The number of nitrogens with zero attached hydrogens (tertiary/aromatic N) is 3. The van der Waals surface area contributed by atoms with Gasteiger partial charge in [-0.25, -0.2) is 0 Å². The van der Waals surface area contributed by atoms with Gasteiger partial charge >= 0.3 is 0 Å². The molecule has 4 rings (SSSR count). The van der Waals surface area contributed by atoms with E-state index >= 15 is 0 Å². The van der Waals surface area contributed by atoms with Gasteiger partial charge in [-0.2, -0.15) is 5.10 Å². The second-order valence-electron chi connectivity index (χ2n) is 6.64. The van der Waals surface area contributed by atoms with E-state index in [1.807, 2.05) is 18.2 Å². The van der Waals surface area contributed by atoms with Crippen molar-refractivity contribution in [1.29, 1.82) is 0 Å². The molecule has 1 fully saturated rings. The number of aromatic amines is 1. The zero-order chi connectivity index (χ0) is 18.6. The van der Waals surface area contributed by atoms with Crippen molar-refractivity contribution in [2.24, 2.45) is 0 Å². The highest BCUT2D eigenvalue weighted by Gasteiger charge is 2.23. The molecule has 1 aliphatic rings. The first-order chi connectivity index (χ1) is 13.2. The number of rotatable bonds is 4. The molecule has 138 valence electrons. The molecule has 2 aromatic heterocycles. The van der Waals surface area contributed by atoms with Gasteiger partial charge in [0.25, 0.3) is 5.91 Å². The van der Waals surface area contributed by atoms with Crippen molar-refractivity contribution >= 4 is 23.3 Å². The lowest BCUT2D eigenvalue weighted by Crippen LogP contribution is -2.48. The number of hydrogen-bond donors (Lipinski definition) is 2. The maximum Gasteiger partial charge on any atom is 0.251 e. The summed E-state index contributed by atoms with van der Waals surface area (Å²) in [5.74, 6) is 0.798. The van der Waals surface area contributed by atoms with Crippen LogP contribution in [0.2, 0.25) is 5.02 Å². The lowest BCUT2D eigenvalue weighted by atomic mass is 10.0. The van der Waals surface area contributed by atoms with Gasteiger partial charge < -0.3 is 10.2 Å². The van der Waals surface area contributed by atoms with Gasteiger partial charge in [0.2, 0.25) is 0 Å². The molecule has 1 aromatic carbocycles. The van der Waals surface area contributed by atoms with E-state index < -0.39 is 0 Å². The lowest BCUT2D eigenvalue weighted by Gasteiger charge is -2.33. The third kappa shape index (κ3) is 4.11. The first-order valence-corrected chi connectivity index (χ1v) is 9.34. The maximum absolute atomic E-state index is 12.5. The summed E-state index contributed by atoms with van der Waals surface area (Å²) in [5, 5.41) is 11.2. The molecule has 1 unspecified atom stereocenters. The molecule has 1 amide bonds. The first-order valence-electron chi connectivity index (χ1n) is 8.96. The number of anilines is 1. The van der Waals surface area contributed by atoms with Gasteiger partial charge in [0, 0.05) is 53.7 Å². The molecule has 7 heteroatoms. The minimum absolute atomic E-state index is 0.0753. The zero-order valence-electron chi connectivity index (χ0n) is 14.7. The van der Waals surface area contributed by atoms with Gasteiger partial charge in [0.05, 0.1) is 5.69 Å². The Labute approximate surface area is 162 Å². The molecule has 1 atom stereocenters. The largest absolute Gasteiger partial charge is 0.353 e. The van der Waals surface area contributed by atoms with Crippen molar-refractivity contribution < 1.29 is 4.79 Å². The number of carbonyl (C=O) groups is 1. The number of carbonyl (C=O) groups excluding carboxylic acids is 1. The number of piperidine rings is 1. The van der Waals surface area contributed by atoms with Gasteiger partial charge in [0.15, 0.2) is 5.82 Å². The highest BCUT2D eigenvalue weighted by Crippen LogP contribution is 2.24. The van der Waals surface area contributed by atoms with Gasteiger partial charge in [-0.3, -0.25) is 14.9 Å². The van der Waals surface area contributed by atoms with E-state index in [2.05, 4.69) is 25.4 Å². The Balaban J connectivity index is 1.42. The number of H-pyrrole nitrogens is 1. The van der Waals surface area contributed by atoms with Gasteiger partial charge in [-0.1, -0.05) is 17.7 Å². The summed E-state index contributed by atoms with van der Waals surface area (Å²) in [6, 6.07) is 13.0. The highest BCUT2D eigenvalue weighted by molar-refractivity contribution is 6.30. The van der Waals surface area contributed by atoms with Crippen LogP contribution >= 0.6 is 11.6 Å². The summed E-state index contributed by atoms with van der Waals surface area (Å²) >= 11 is 5.98. The molecule has 27 heavy (non-hydrogen) atoms. The van der Waals surface area contributed by atoms with Crippen molar-refractivity contribution in [3.8, 4) is 11.3 Å². The first kappa shape index (κ1) is 17.5. The molecule has 0 spiro atoms. The third-order valence-corrected chi connectivity index (χ3v) is 4.96. The smallest absolute Gasteiger partial charge is 0.251 e. The molecule has 3 heterocycles.